The molecule has 3 N–H and O–H groups in total. The topological polar surface area (TPSA) is 90.0 Å². The summed E-state index contributed by atoms with van der Waals surface area (Å²) in [7, 11) is -3.47. The van der Waals surface area contributed by atoms with E-state index >= 15 is 0 Å². The van der Waals surface area contributed by atoms with Gasteiger partial charge in [-0.15, -0.1) is 0 Å². The van der Waals surface area contributed by atoms with Crippen molar-refractivity contribution in [3.63, 3.8) is 0 Å². The van der Waals surface area contributed by atoms with Gasteiger partial charge in [0.1, 0.15) is 0 Å². The lowest BCUT2D eigenvalue weighted by Crippen LogP contribution is -2.41. The molecule has 1 fully saturated rings. The van der Waals surface area contributed by atoms with Crippen LogP contribution < -0.4 is 10.5 Å². The summed E-state index contributed by atoms with van der Waals surface area (Å²) in [5.41, 5.74) is 5.81. The van der Waals surface area contributed by atoms with Crippen LogP contribution in [0.15, 0.2) is 17.3 Å². The van der Waals surface area contributed by atoms with Gasteiger partial charge in [-0.1, -0.05) is 0 Å². The molecule has 0 saturated heterocycles. The molecule has 0 aromatic carbocycles. The number of nitrogens with zero attached hydrogens (tertiary/aromatic N) is 2. The maximum atomic E-state index is 12.2. The van der Waals surface area contributed by atoms with Crippen LogP contribution in [0.2, 0.25) is 0 Å². The first kappa shape index (κ1) is 13.5. The Bertz CT molecular complexity index is 489. The monoisotopic (exact) mass is 272 g/mol. The normalized spacial score (nSPS) is 25.2. The lowest BCUT2D eigenvalue weighted by Gasteiger charge is -2.26. The van der Waals surface area contributed by atoms with Crippen molar-refractivity contribution in [1.29, 1.82) is 0 Å². The van der Waals surface area contributed by atoms with Crippen LogP contribution in [0.4, 0.5) is 0 Å². The van der Waals surface area contributed by atoms with Crippen molar-refractivity contribution in [2.45, 2.75) is 56.3 Å². The molecule has 6 nitrogen and oxygen atoms in total. The highest BCUT2D eigenvalue weighted by Gasteiger charge is 2.26. The molecule has 102 valence electrons. The van der Waals surface area contributed by atoms with E-state index in [-0.39, 0.29) is 17.1 Å². The average Bonchev–Trinajstić information content (AvgIpc) is 2.81. The van der Waals surface area contributed by atoms with Gasteiger partial charge < -0.3 is 5.73 Å². The fourth-order valence-corrected chi connectivity index (χ4v) is 3.79. The molecule has 0 unspecified atom stereocenters. The number of hydrogen-bond acceptors (Lipinski definition) is 4. The van der Waals surface area contributed by atoms with Crippen molar-refractivity contribution in [3.8, 4) is 0 Å². The van der Waals surface area contributed by atoms with Crippen LogP contribution in [0.5, 0.6) is 0 Å². The van der Waals surface area contributed by atoms with Crippen LogP contribution >= 0.6 is 0 Å². The van der Waals surface area contributed by atoms with Gasteiger partial charge in [-0.05, 0) is 38.7 Å². The predicted octanol–water partition coefficient (Wildman–Crippen LogP) is 0.451. The van der Waals surface area contributed by atoms with Gasteiger partial charge in [0.25, 0.3) is 10.0 Å². The van der Waals surface area contributed by atoms with E-state index in [0.29, 0.717) is 6.54 Å². The zero-order valence-corrected chi connectivity index (χ0v) is 11.4. The number of nitrogens with one attached hydrogen (secondary N) is 1. The van der Waals surface area contributed by atoms with Crippen LogP contribution in [0.1, 0.15) is 32.6 Å². The van der Waals surface area contributed by atoms with E-state index in [9.17, 15) is 8.42 Å². The van der Waals surface area contributed by atoms with E-state index in [1.165, 1.54) is 16.9 Å². The summed E-state index contributed by atoms with van der Waals surface area (Å²) in [6.45, 7) is 2.41. The summed E-state index contributed by atoms with van der Waals surface area (Å²) in [5.74, 6) is 0. The van der Waals surface area contributed by atoms with Crippen LogP contribution in [0, 0.1) is 0 Å². The van der Waals surface area contributed by atoms with Gasteiger partial charge in [-0.3, -0.25) is 4.68 Å². The minimum Gasteiger partial charge on any atom is -0.328 e. The van der Waals surface area contributed by atoms with Gasteiger partial charge in [0.05, 0.1) is 6.20 Å². The summed E-state index contributed by atoms with van der Waals surface area (Å²) < 4.78 is 28.7. The van der Waals surface area contributed by atoms with E-state index in [1.54, 1.807) is 0 Å². The molecule has 1 aliphatic carbocycles. The van der Waals surface area contributed by atoms with Crippen molar-refractivity contribution in [2.24, 2.45) is 5.73 Å². The highest BCUT2D eigenvalue weighted by Crippen LogP contribution is 2.19. The third-order valence-electron chi connectivity index (χ3n) is 3.35. The Hall–Kier alpha value is -0.920. The Morgan fingerprint density at radius 2 is 2.11 bits per heavy atom. The van der Waals surface area contributed by atoms with Gasteiger partial charge in [0.15, 0.2) is 5.03 Å². The zero-order chi connectivity index (χ0) is 13.2. The third-order valence-corrected chi connectivity index (χ3v) is 4.89. The standard InChI is InChI=1S/C11H20N4O2S/c1-2-15-11(7-8-13-15)18(16,17)14-10-5-3-9(12)4-6-10/h7-10,14H,2-6,12H2,1H3. The molecule has 0 bridgehead atoms. The summed E-state index contributed by atoms with van der Waals surface area (Å²) >= 11 is 0. The minimum absolute atomic E-state index is 0.00462. The zero-order valence-electron chi connectivity index (χ0n) is 10.5. The fourth-order valence-electron chi connectivity index (χ4n) is 2.30. The maximum Gasteiger partial charge on any atom is 0.257 e. The Labute approximate surface area is 108 Å². The molecule has 1 saturated carbocycles. The number of aromatic nitrogens is 2. The summed E-state index contributed by atoms with van der Waals surface area (Å²) in [6, 6.07) is 1.74. The van der Waals surface area contributed by atoms with E-state index < -0.39 is 10.0 Å². The van der Waals surface area contributed by atoms with Gasteiger partial charge in [0, 0.05) is 18.6 Å². The molecule has 1 heterocycles. The number of nitrogens with two attached hydrogens (primary N) is 1. The first-order chi connectivity index (χ1) is 8.53. The van der Waals surface area contributed by atoms with Crippen molar-refractivity contribution < 1.29 is 8.42 Å². The molecule has 2 rings (SSSR count). The highest BCUT2D eigenvalue weighted by molar-refractivity contribution is 7.89. The molecule has 1 aromatic rings. The lowest BCUT2D eigenvalue weighted by molar-refractivity contribution is 0.372. The third kappa shape index (κ3) is 2.90. The molecule has 0 aliphatic heterocycles. The van der Waals surface area contributed by atoms with Gasteiger partial charge in [-0.25, -0.2) is 13.1 Å². The van der Waals surface area contributed by atoms with Crippen molar-refractivity contribution in [2.75, 3.05) is 0 Å². The first-order valence-electron chi connectivity index (χ1n) is 6.32. The Morgan fingerprint density at radius 1 is 1.44 bits per heavy atom. The van der Waals surface area contributed by atoms with Crippen molar-refractivity contribution in [1.82, 2.24) is 14.5 Å². The summed E-state index contributed by atoms with van der Waals surface area (Å²) in [4.78, 5) is 0. The molecular weight excluding hydrogens is 252 g/mol. The van der Waals surface area contributed by atoms with E-state index in [0.717, 1.165) is 25.7 Å². The van der Waals surface area contributed by atoms with E-state index in [2.05, 4.69) is 9.82 Å². The first-order valence-corrected chi connectivity index (χ1v) is 7.81. The summed E-state index contributed by atoms with van der Waals surface area (Å²) in [6.07, 6.45) is 4.87. The van der Waals surface area contributed by atoms with E-state index in [4.69, 9.17) is 5.73 Å². The van der Waals surface area contributed by atoms with Crippen LogP contribution in [0.25, 0.3) is 0 Å². The van der Waals surface area contributed by atoms with Crippen LogP contribution in [-0.4, -0.2) is 30.3 Å². The Kier molecular flexibility index (Phi) is 4.04. The molecule has 7 heteroatoms. The van der Waals surface area contributed by atoms with Crippen molar-refractivity contribution in [3.05, 3.63) is 12.3 Å². The Balaban J connectivity index is 2.08. The van der Waals surface area contributed by atoms with Gasteiger partial charge in [0.2, 0.25) is 0 Å². The highest BCUT2D eigenvalue weighted by atomic mass is 32.2. The quantitative estimate of drug-likeness (QED) is 0.832. The molecule has 0 amide bonds. The van der Waals surface area contributed by atoms with Crippen molar-refractivity contribution >= 4 is 10.0 Å². The molecule has 1 aliphatic rings. The van der Waals surface area contributed by atoms with Gasteiger partial charge in [-0.2, -0.15) is 5.10 Å². The number of sulfonamides is 1. The van der Waals surface area contributed by atoms with E-state index in [1.807, 2.05) is 6.92 Å². The maximum absolute atomic E-state index is 12.2. The average molecular weight is 272 g/mol. The molecule has 18 heavy (non-hydrogen) atoms. The Morgan fingerprint density at radius 3 is 2.72 bits per heavy atom. The lowest BCUT2D eigenvalue weighted by atomic mass is 9.93. The number of aryl methyl sites for hydroxylation is 1. The SMILES string of the molecule is CCn1nccc1S(=O)(=O)NC1CCC(N)CC1. The second kappa shape index (κ2) is 5.38. The number of rotatable bonds is 4. The van der Waals surface area contributed by atoms with Gasteiger partial charge >= 0.3 is 0 Å². The second-order valence-corrected chi connectivity index (χ2v) is 6.38. The second-order valence-electron chi connectivity index (χ2n) is 4.72. The molecule has 1 aromatic heterocycles. The summed E-state index contributed by atoms with van der Waals surface area (Å²) in [5, 5.41) is 4.22. The largest absolute Gasteiger partial charge is 0.328 e. The van der Waals surface area contributed by atoms with Crippen LogP contribution in [-0.2, 0) is 16.6 Å². The minimum atomic E-state index is -3.47. The van der Waals surface area contributed by atoms with Crippen LogP contribution in [0.3, 0.4) is 0 Å². The molecule has 0 atom stereocenters. The smallest absolute Gasteiger partial charge is 0.257 e. The predicted molar refractivity (Wildman–Crippen MR) is 68.5 cm³/mol. The number of hydrogen-bond donors (Lipinski definition) is 2. The molecular formula is C11H20N4O2S. The fraction of sp³-hybridized carbons (Fsp3) is 0.727. The molecule has 0 radical (unpaired) electrons. The molecule has 0 spiro atoms.